The number of rotatable bonds is 15. The summed E-state index contributed by atoms with van der Waals surface area (Å²) >= 11 is 0. The Morgan fingerprint density at radius 2 is 1.51 bits per heavy atom. The SMILES string of the molecule is CC(C)(C)OC(O)NCCCC[C@H](NC(O)OC(C)(C)C)C(=O)NCC(=O)OCc1ccccc1. The van der Waals surface area contributed by atoms with Crippen LogP contribution < -0.4 is 16.0 Å². The maximum atomic E-state index is 12.7. The number of esters is 1. The van der Waals surface area contributed by atoms with Crippen molar-refractivity contribution in [3.05, 3.63) is 35.9 Å². The van der Waals surface area contributed by atoms with Crippen LogP contribution in [-0.2, 0) is 30.4 Å². The van der Waals surface area contributed by atoms with Gasteiger partial charge in [-0.25, -0.2) is 0 Å². The average molecular weight is 498 g/mol. The lowest BCUT2D eigenvalue weighted by molar-refractivity contribution is -0.187. The number of benzene rings is 1. The molecule has 10 nitrogen and oxygen atoms in total. The molecule has 2 unspecified atom stereocenters. The van der Waals surface area contributed by atoms with E-state index in [0.717, 1.165) is 5.56 Å². The molecule has 200 valence electrons. The molecule has 0 saturated heterocycles. The summed E-state index contributed by atoms with van der Waals surface area (Å²) in [4.78, 5) is 24.8. The molecule has 1 aromatic carbocycles. The zero-order valence-corrected chi connectivity index (χ0v) is 21.8. The first-order valence-electron chi connectivity index (χ1n) is 11.9. The lowest BCUT2D eigenvalue weighted by Gasteiger charge is -2.28. The van der Waals surface area contributed by atoms with E-state index < -0.39 is 41.9 Å². The highest BCUT2D eigenvalue weighted by molar-refractivity contribution is 5.85. The van der Waals surface area contributed by atoms with E-state index >= 15 is 0 Å². The van der Waals surface area contributed by atoms with Gasteiger partial charge in [0.15, 0.2) is 0 Å². The summed E-state index contributed by atoms with van der Waals surface area (Å²) < 4.78 is 16.0. The van der Waals surface area contributed by atoms with Gasteiger partial charge in [0.25, 0.3) is 0 Å². The van der Waals surface area contributed by atoms with Gasteiger partial charge in [-0.3, -0.25) is 20.2 Å². The first-order valence-corrected chi connectivity index (χ1v) is 11.9. The van der Waals surface area contributed by atoms with Crippen molar-refractivity contribution in [3.63, 3.8) is 0 Å². The Bertz CT molecular complexity index is 748. The number of amides is 1. The summed E-state index contributed by atoms with van der Waals surface area (Å²) in [5.74, 6) is -1.02. The van der Waals surface area contributed by atoms with Crippen molar-refractivity contribution in [2.24, 2.45) is 0 Å². The maximum Gasteiger partial charge on any atom is 0.325 e. The number of unbranched alkanes of at least 4 members (excludes halogenated alkanes) is 1. The number of hydrogen-bond donors (Lipinski definition) is 5. The third kappa shape index (κ3) is 16.3. The quantitative estimate of drug-likeness (QED) is 0.139. The highest BCUT2D eigenvalue weighted by Gasteiger charge is 2.25. The van der Waals surface area contributed by atoms with Gasteiger partial charge in [0.05, 0.1) is 17.2 Å². The standard InChI is InChI=1S/C25H43N3O7/c1-24(2,3)34-22(31)26-15-11-10-14-19(28-23(32)35-25(4,5)6)21(30)27-16-20(29)33-17-18-12-8-7-9-13-18/h7-9,12-13,19,22-23,26,28,31-32H,10-11,14-17H2,1-6H3,(H,27,30)/t19-,22?,23?/m0/s1. The largest absolute Gasteiger partial charge is 0.460 e. The molecule has 5 N–H and O–H groups in total. The van der Waals surface area contributed by atoms with E-state index in [1.54, 1.807) is 20.8 Å². The fourth-order valence-electron chi connectivity index (χ4n) is 2.98. The predicted octanol–water partition coefficient (Wildman–Crippen LogP) is 1.75. The minimum Gasteiger partial charge on any atom is -0.460 e. The van der Waals surface area contributed by atoms with Gasteiger partial charge in [-0.05, 0) is 66.5 Å². The van der Waals surface area contributed by atoms with Crippen LogP contribution in [0.4, 0.5) is 0 Å². The lowest BCUT2D eigenvalue weighted by Crippen LogP contribution is -2.51. The number of nitrogens with one attached hydrogen (secondary N) is 3. The molecule has 0 spiro atoms. The fourth-order valence-corrected chi connectivity index (χ4v) is 2.98. The summed E-state index contributed by atoms with van der Waals surface area (Å²) in [5, 5.41) is 28.2. The minimum absolute atomic E-state index is 0.118. The molecule has 1 aromatic rings. The summed E-state index contributed by atoms with van der Waals surface area (Å²) in [5.41, 5.74) is -0.256. The predicted molar refractivity (Wildman–Crippen MR) is 132 cm³/mol. The van der Waals surface area contributed by atoms with Gasteiger partial charge in [0, 0.05) is 0 Å². The molecule has 0 heterocycles. The van der Waals surface area contributed by atoms with E-state index in [2.05, 4.69) is 16.0 Å². The Hall–Kier alpha value is -2.08. The van der Waals surface area contributed by atoms with E-state index in [4.69, 9.17) is 14.2 Å². The second kappa shape index (κ2) is 15.1. The lowest BCUT2D eigenvalue weighted by atomic mass is 10.1. The number of ether oxygens (including phenoxy) is 3. The Labute approximate surface area is 208 Å². The van der Waals surface area contributed by atoms with Crippen molar-refractivity contribution < 1.29 is 34.0 Å². The number of aliphatic hydroxyl groups is 2. The second-order valence-corrected chi connectivity index (χ2v) is 10.2. The van der Waals surface area contributed by atoms with Crippen LogP contribution in [0.15, 0.2) is 30.3 Å². The average Bonchev–Trinajstić information content (AvgIpc) is 2.73. The van der Waals surface area contributed by atoms with Gasteiger partial charge < -0.3 is 29.7 Å². The number of carbonyl (C=O) groups is 2. The summed E-state index contributed by atoms with van der Waals surface area (Å²) in [7, 11) is 0. The van der Waals surface area contributed by atoms with Crippen LogP contribution in [0.5, 0.6) is 0 Å². The topological polar surface area (TPSA) is 138 Å². The Kier molecular flexibility index (Phi) is 13.4. The zero-order valence-electron chi connectivity index (χ0n) is 21.8. The normalized spacial score (nSPS) is 14.7. The molecule has 10 heteroatoms. The van der Waals surface area contributed by atoms with Crippen LogP contribution >= 0.6 is 0 Å². The van der Waals surface area contributed by atoms with Crippen LogP contribution in [0.2, 0.25) is 0 Å². The molecule has 0 radical (unpaired) electrons. The number of aliphatic hydroxyl groups excluding tert-OH is 2. The van der Waals surface area contributed by atoms with E-state index in [1.807, 2.05) is 51.1 Å². The van der Waals surface area contributed by atoms with Crippen molar-refractivity contribution in [1.29, 1.82) is 0 Å². The number of hydrogen-bond acceptors (Lipinski definition) is 9. The minimum atomic E-state index is -1.36. The van der Waals surface area contributed by atoms with Gasteiger partial charge in [0.2, 0.25) is 18.7 Å². The van der Waals surface area contributed by atoms with Crippen LogP contribution in [-0.4, -0.2) is 65.3 Å². The molecule has 0 aliphatic carbocycles. The first kappa shape index (κ1) is 31.0. The second-order valence-electron chi connectivity index (χ2n) is 10.2. The van der Waals surface area contributed by atoms with Gasteiger partial charge in [0.1, 0.15) is 13.2 Å². The molecule has 0 aliphatic rings. The Balaban J connectivity index is 2.51. The highest BCUT2D eigenvalue weighted by Crippen LogP contribution is 2.11. The monoisotopic (exact) mass is 497 g/mol. The van der Waals surface area contributed by atoms with E-state index in [0.29, 0.717) is 25.8 Å². The first-order chi connectivity index (χ1) is 16.2. The Morgan fingerprint density at radius 1 is 0.914 bits per heavy atom. The maximum absolute atomic E-state index is 12.7. The molecule has 0 bridgehead atoms. The van der Waals surface area contributed by atoms with Crippen molar-refractivity contribution in [2.45, 2.75) is 97.5 Å². The van der Waals surface area contributed by atoms with Crippen molar-refractivity contribution in [1.82, 2.24) is 16.0 Å². The third-order valence-corrected chi connectivity index (χ3v) is 4.48. The van der Waals surface area contributed by atoms with E-state index in [-0.39, 0.29) is 13.2 Å². The molecule has 0 fully saturated rings. The molecule has 3 atom stereocenters. The molecular formula is C25H43N3O7. The molecule has 35 heavy (non-hydrogen) atoms. The highest BCUT2D eigenvalue weighted by atomic mass is 16.6. The zero-order chi connectivity index (χ0) is 26.5. The van der Waals surface area contributed by atoms with Crippen LogP contribution in [0.1, 0.15) is 66.4 Å². The molecular weight excluding hydrogens is 454 g/mol. The molecule has 0 saturated carbocycles. The summed E-state index contributed by atoms with van der Waals surface area (Å²) in [6.07, 6.45) is -0.841. The van der Waals surface area contributed by atoms with Gasteiger partial charge in [-0.2, -0.15) is 0 Å². The third-order valence-electron chi connectivity index (χ3n) is 4.48. The van der Waals surface area contributed by atoms with Crippen LogP contribution in [0.25, 0.3) is 0 Å². The molecule has 1 rings (SSSR count). The van der Waals surface area contributed by atoms with Crippen LogP contribution in [0, 0.1) is 0 Å². The van der Waals surface area contributed by atoms with Crippen LogP contribution in [0.3, 0.4) is 0 Å². The van der Waals surface area contributed by atoms with Crippen molar-refractivity contribution in [2.75, 3.05) is 13.1 Å². The molecule has 0 aliphatic heterocycles. The van der Waals surface area contributed by atoms with Crippen molar-refractivity contribution >= 4 is 11.9 Å². The summed E-state index contributed by atoms with van der Waals surface area (Å²) in [6, 6.07) is 8.44. The molecule has 1 amide bonds. The van der Waals surface area contributed by atoms with Gasteiger partial charge in [-0.1, -0.05) is 36.8 Å². The van der Waals surface area contributed by atoms with Gasteiger partial charge >= 0.3 is 5.97 Å². The van der Waals surface area contributed by atoms with E-state index in [9.17, 15) is 19.8 Å². The van der Waals surface area contributed by atoms with Crippen molar-refractivity contribution in [3.8, 4) is 0 Å². The Morgan fingerprint density at radius 3 is 2.11 bits per heavy atom. The van der Waals surface area contributed by atoms with Gasteiger partial charge in [-0.15, -0.1) is 0 Å². The smallest absolute Gasteiger partial charge is 0.325 e. The fraction of sp³-hybridized carbons (Fsp3) is 0.680. The van der Waals surface area contributed by atoms with E-state index in [1.165, 1.54) is 0 Å². The summed E-state index contributed by atoms with van der Waals surface area (Å²) in [6.45, 7) is 11.2. The number of carbonyl (C=O) groups excluding carboxylic acids is 2. The molecule has 0 aromatic heterocycles.